The van der Waals surface area contributed by atoms with E-state index in [9.17, 15) is 18.0 Å². The number of para-hydroxylation sites is 1. The number of aliphatic imine (C=N–C) groups is 1. The van der Waals surface area contributed by atoms with E-state index in [1.807, 2.05) is 18.2 Å². The number of rotatable bonds is 3. The van der Waals surface area contributed by atoms with Crippen LogP contribution in [0.1, 0.15) is 11.3 Å². The second kappa shape index (κ2) is 7.63. The topological polar surface area (TPSA) is 54.6 Å². The molecule has 2 aromatic carbocycles. The molecule has 0 saturated carbocycles. The zero-order valence-corrected chi connectivity index (χ0v) is 15.6. The summed E-state index contributed by atoms with van der Waals surface area (Å²) in [4.78, 5) is 16.8. The maximum absolute atomic E-state index is 12.9. The number of nitrogens with one attached hydrogen (secondary N) is 1. The van der Waals surface area contributed by atoms with Gasteiger partial charge in [0, 0.05) is 5.56 Å². The van der Waals surface area contributed by atoms with Crippen LogP contribution in [0.4, 0.5) is 23.7 Å². The second-order valence-corrected chi connectivity index (χ2v) is 7.11. The highest BCUT2D eigenvalue weighted by Gasteiger charge is 2.30. The number of carbonyl (C=O) groups excluding carboxylic acids is 1. The number of hydrogen-bond donors (Lipinski definition) is 1. The maximum Gasteiger partial charge on any atom is 0.416 e. The first-order valence-corrected chi connectivity index (χ1v) is 9.32. The lowest BCUT2D eigenvalue weighted by Gasteiger charge is -2.07. The molecule has 1 aliphatic heterocycles. The van der Waals surface area contributed by atoms with Crippen molar-refractivity contribution in [2.24, 2.45) is 4.99 Å². The van der Waals surface area contributed by atoms with Crippen molar-refractivity contribution in [2.45, 2.75) is 6.18 Å². The number of carbonyl (C=O) groups is 1. The van der Waals surface area contributed by atoms with Crippen molar-refractivity contribution in [3.63, 3.8) is 0 Å². The van der Waals surface area contributed by atoms with Crippen LogP contribution in [0.15, 0.2) is 81.0 Å². The third-order valence-corrected chi connectivity index (χ3v) is 4.85. The molecule has 4 nitrogen and oxygen atoms in total. The van der Waals surface area contributed by atoms with Gasteiger partial charge in [0.25, 0.3) is 5.24 Å². The van der Waals surface area contributed by atoms with Crippen LogP contribution < -0.4 is 5.32 Å². The molecule has 0 aliphatic carbocycles. The van der Waals surface area contributed by atoms with Crippen LogP contribution in [-0.2, 0) is 6.18 Å². The summed E-state index contributed by atoms with van der Waals surface area (Å²) in [5.41, 5.74) is 0.251. The van der Waals surface area contributed by atoms with Crippen LogP contribution >= 0.6 is 11.8 Å². The third-order valence-electron chi connectivity index (χ3n) is 4.03. The highest BCUT2D eigenvalue weighted by atomic mass is 32.2. The van der Waals surface area contributed by atoms with Crippen molar-refractivity contribution in [1.82, 2.24) is 5.32 Å². The molecule has 1 saturated heterocycles. The second-order valence-electron chi connectivity index (χ2n) is 6.10. The van der Waals surface area contributed by atoms with Crippen LogP contribution in [0.5, 0.6) is 0 Å². The minimum atomic E-state index is -4.43. The van der Waals surface area contributed by atoms with E-state index in [0.29, 0.717) is 33.5 Å². The molecule has 0 radical (unpaired) electrons. The van der Waals surface area contributed by atoms with E-state index in [1.165, 1.54) is 6.07 Å². The summed E-state index contributed by atoms with van der Waals surface area (Å²) in [7, 11) is 0. The summed E-state index contributed by atoms with van der Waals surface area (Å²) in [5, 5.41) is 2.41. The van der Waals surface area contributed by atoms with Crippen molar-refractivity contribution in [3.8, 4) is 11.3 Å². The molecule has 0 atom stereocenters. The molecule has 3 aromatic rings. The fraction of sp³-hybridized carbons (Fsp3) is 0.0476. The summed E-state index contributed by atoms with van der Waals surface area (Å²) in [5.74, 6) is 1.09. The van der Waals surface area contributed by atoms with E-state index in [0.717, 1.165) is 23.9 Å². The molecule has 1 N–H and O–H groups in total. The van der Waals surface area contributed by atoms with Crippen LogP contribution in [0.3, 0.4) is 0 Å². The molecule has 1 aliphatic rings. The summed E-state index contributed by atoms with van der Waals surface area (Å²) in [6.45, 7) is 0. The smallest absolute Gasteiger partial charge is 0.416 e. The zero-order chi connectivity index (χ0) is 20.4. The van der Waals surface area contributed by atoms with Gasteiger partial charge in [-0.15, -0.1) is 0 Å². The SMILES string of the molecule is O=C1NC(=Nc2ccccc2)/C(=C/c2ccc(-c3cccc(C(F)(F)F)c3)o2)S1. The number of thioether (sulfide) groups is 1. The molecule has 0 bridgehead atoms. The van der Waals surface area contributed by atoms with Gasteiger partial charge in [0.1, 0.15) is 17.4 Å². The molecule has 1 amide bonds. The lowest BCUT2D eigenvalue weighted by atomic mass is 10.1. The first kappa shape index (κ1) is 19.1. The van der Waals surface area contributed by atoms with Gasteiger partial charge in [-0.2, -0.15) is 13.2 Å². The number of halogens is 3. The van der Waals surface area contributed by atoms with Gasteiger partial charge in [-0.3, -0.25) is 4.79 Å². The van der Waals surface area contributed by atoms with Crippen molar-refractivity contribution in [2.75, 3.05) is 0 Å². The number of furan rings is 1. The Morgan fingerprint density at radius 3 is 2.55 bits per heavy atom. The Morgan fingerprint density at radius 1 is 1.00 bits per heavy atom. The predicted octanol–water partition coefficient (Wildman–Crippen LogP) is 6.49. The molecule has 29 heavy (non-hydrogen) atoms. The Balaban J connectivity index is 1.63. The van der Waals surface area contributed by atoms with Gasteiger partial charge in [-0.25, -0.2) is 4.99 Å². The van der Waals surface area contributed by atoms with Gasteiger partial charge < -0.3 is 9.73 Å². The Kier molecular flexibility index (Phi) is 5.02. The lowest BCUT2D eigenvalue weighted by molar-refractivity contribution is -0.137. The molecular formula is C21H13F3N2O2S. The Labute approximate surface area is 168 Å². The largest absolute Gasteiger partial charge is 0.457 e. The number of hydrogen-bond acceptors (Lipinski definition) is 4. The predicted molar refractivity (Wildman–Crippen MR) is 107 cm³/mol. The Bertz CT molecular complexity index is 1120. The number of nitrogens with zero attached hydrogens (tertiary/aromatic N) is 1. The average molecular weight is 414 g/mol. The van der Waals surface area contributed by atoms with E-state index < -0.39 is 11.7 Å². The van der Waals surface area contributed by atoms with Gasteiger partial charge in [0.15, 0.2) is 0 Å². The summed E-state index contributed by atoms with van der Waals surface area (Å²) >= 11 is 0.970. The summed E-state index contributed by atoms with van der Waals surface area (Å²) in [6, 6.07) is 17.3. The van der Waals surface area contributed by atoms with E-state index in [1.54, 1.807) is 36.4 Å². The van der Waals surface area contributed by atoms with Crippen LogP contribution in [0.2, 0.25) is 0 Å². The number of amides is 1. The highest BCUT2D eigenvalue weighted by Crippen LogP contribution is 2.34. The van der Waals surface area contributed by atoms with E-state index in [4.69, 9.17) is 4.42 Å². The maximum atomic E-state index is 12.9. The van der Waals surface area contributed by atoms with Crippen molar-refractivity contribution in [1.29, 1.82) is 0 Å². The number of amidine groups is 1. The molecule has 146 valence electrons. The van der Waals surface area contributed by atoms with Crippen LogP contribution in [0.25, 0.3) is 17.4 Å². The first-order valence-electron chi connectivity index (χ1n) is 8.50. The monoisotopic (exact) mass is 414 g/mol. The third kappa shape index (κ3) is 4.43. The molecule has 1 fully saturated rings. The minimum Gasteiger partial charge on any atom is -0.457 e. The van der Waals surface area contributed by atoms with Gasteiger partial charge in [0.2, 0.25) is 0 Å². The minimum absolute atomic E-state index is 0.268. The van der Waals surface area contributed by atoms with E-state index >= 15 is 0 Å². The Morgan fingerprint density at radius 2 is 1.79 bits per heavy atom. The van der Waals surface area contributed by atoms with Crippen LogP contribution in [0, 0.1) is 0 Å². The van der Waals surface area contributed by atoms with Gasteiger partial charge in [0.05, 0.1) is 16.2 Å². The zero-order valence-electron chi connectivity index (χ0n) is 14.7. The van der Waals surface area contributed by atoms with Crippen molar-refractivity contribution < 1.29 is 22.4 Å². The summed E-state index contributed by atoms with van der Waals surface area (Å²) < 4.78 is 44.5. The molecule has 2 heterocycles. The molecule has 4 rings (SSSR count). The molecule has 8 heteroatoms. The quantitative estimate of drug-likeness (QED) is 0.533. The highest BCUT2D eigenvalue weighted by molar-refractivity contribution is 8.18. The Hall–Kier alpha value is -3.26. The summed E-state index contributed by atoms with van der Waals surface area (Å²) in [6.07, 6.45) is -2.80. The van der Waals surface area contributed by atoms with Crippen molar-refractivity contribution >= 4 is 34.6 Å². The molecule has 1 aromatic heterocycles. The fourth-order valence-corrected chi connectivity index (χ4v) is 3.42. The fourth-order valence-electron chi connectivity index (χ4n) is 2.71. The number of benzene rings is 2. The average Bonchev–Trinajstić information content (AvgIpc) is 3.29. The normalized spacial score (nSPS) is 17.1. The number of alkyl halides is 3. The van der Waals surface area contributed by atoms with Gasteiger partial charge >= 0.3 is 6.18 Å². The van der Waals surface area contributed by atoms with Gasteiger partial charge in [-0.05, 0) is 54.2 Å². The van der Waals surface area contributed by atoms with Gasteiger partial charge in [-0.1, -0.05) is 30.3 Å². The van der Waals surface area contributed by atoms with Crippen LogP contribution in [-0.4, -0.2) is 11.1 Å². The molecule has 0 spiro atoms. The van der Waals surface area contributed by atoms with Crippen molar-refractivity contribution in [3.05, 3.63) is 83.0 Å². The first-order chi connectivity index (χ1) is 13.9. The standard InChI is InChI=1S/C21H13F3N2O2S/c22-21(23,24)14-6-4-5-13(11-14)17-10-9-16(28-17)12-18-19(26-20(27)29-18)25-15-7-2-1-3-8-15/h1-12H,(H,25,26,27)/b18-12-. The van der Waals surface area contributed by atoms with E-state index in [2.05, 4.69) is 10.3 Å². The molecular weight excluding hydrogens is 401 g/mol. The molecule has 0 unspecified atom stereocenters. The van der Waals surface area contributed by atoms with E-state index in [-0.39, 0.29) is 5.24 Å². The lowest BCUT2D eigenvalue weighted by Crippen LogP contribution is -2.18.